The molecule has 72 valence electrons. The molecule has 2 rings (SSSR count). The van der Waals surface area contributed by atoms with Gasteiger partial charge in [-0.15, -0.1) is 0 Å². The van der Waals surface area contributed by atoms with Crippen LogP contribution in [0.5, 0.6) is 0 Å². The number of hydrogen-bond acceptors (Lipinski definition) is 1. The molecule has 0 saturated carbocycles. The van der Waals surface area contributed by atoms with Crippen LogP contribution >= 0.6 is 31.9 Å². The largest absolute Gasteiger partial charge is 0.392 e. The highest BCUT2D eigenvalue weighted by atomic mass is 79.9. The van der Waals surface area contributed by atoms with Crippen molar-refractivity contribution in [3.05, 3.63) is 44.8 Å². The maximum atomic E-state index is 9.03. The van der Waals surface area contributed by atoms with Gasteiger partial charge in [-0.25, -0.2) is 0 Å². The van der Waals surface area contributed by atoms with Crippen molar-refractivity contribution >= 4 is 42.6 Å². The molecule has 0 aliphatic rings. The molecule has 0 unspecified atom stereocenters. The third kappa shape index (κ3) is 1.72. The maximum Gasteiger partial charge on any atom is 0.0682 e. The number of hydrogen-bond donors (Lipinski definition) is 1. The summed E-state index contributed by atoms with van der Waals surface area (Å²) in [6, 6.07) is 9.93. The Bertz CT molecular complexity index is 480. The molecule has 0 radical (unpaired) electrons. The van der Waals surface area contributed by atoms with Gasteiger partial charge in [0.1, 0.15) is 0 Å². The lowest BCUT2D eigenvalue weighted by molar-refractivity contribution is 0.282. The molecule has 2 aromatic carbocycles. The van der Waals surface area contributed by atoms with E-state index in [1.807, 2.05) is 30.3 Å². The smallest absolute Gasteiger partial charge is 0.0682 e. The number of aliphatic hydroxyl groups excluding tert-OH is 1. The highest BCUT2D eigenvalue weighted by molar-refractivity contribution is 9.11. The lowest BCUT2D eigenvalue weighted by Crippen LogP contribution is -1.84. The molecular formula is C11H8Br2O. The van der Waals surface area contributed by atoms with Gasteiger partial charge in [0.15, 0.2) is 0 Å². The van der Waals surface area contributed by atoms with E-state index in [1.54, 1.807) is 0 Å². The summed E-state index contributed by atoms with van der Waals surface area (Å²) >= 11 is 6.99. The van der Waals surface area contributed by atoms with Gasteiger partial charge in [0.05, 0.1) is 6.61 Å². The molecule has 1 N–H and O–H groups in total. The fourth-order valence-corrected chi connectivity index (χ4v) is 2.36. The summed E-state index contributed by atoms with van der Waals surface area (Å²) in [6.45, 7) is 0.0783. The van der Waals surface area contributed by atoms with Gasteiger partial charge >= 0.3 is 0 Å². The molecule has 0 aromatic heterocycles. The van der Waals surface area contributed by atoms with Crippen molar-refractivity contribution < 1.29 is 5.11 Å². The van der Waals surface area contributed by atoms with Crippen LogP contribution in [0.15, 0.2) is 39.3 Å². The van der Waals surface area contributed by atoms with Crippen LogP contribution in [0.25, 0.3) is 10.8 Å². The predicted octanol–water partition coefficient (Wildman–Crippen LogP) is 3.86. The van der Waals surface area contributed by atoms with Crippen LogP contribution < -0.4 is 0 Å². The van der Waals surface area contributed by atoms with E-state index in [-0.39, 0.29) is 6.61 Å². The van der Waals surface area contributed by atoms with Gasteiger partial charge in [-0.1, -0.05) is 44.0 Å². The summed E-state index contributed by atoms with van der Waals surface area (Å²) in [5, 5.41) is 11.3. The minimum absolute atomic E-state index is 0.0783. The van der Waals surface area contributed by atoms with Gasteiger partial charge in [-0.3, -0.25) is 0 Å². The van der Waals surface area contributed by atoms with E-state index in [0.717, 1.165) is 25.3 Å². The van der Waals surface area contributed by atoms with E-state index in [1.165, 1.54) is 0 Å². The van der Waals surface area contributed by atoms with E-state index in [2.05, 4.69) is 31.9 Å². The van der Waals surface area contributed by atoms with Gasteiger partial charge in [-0.2, -0.15) is 0 Å². The second-order valence-corrected chi connectivity index (χ2v) is 4.78. The highest BCUT2D eigenvalue weighted by Crippen LogP contribution is 2.30. The molecule has 0 heterocycles. The van der Waals surface area contributed by atoms with Crippen molar-refractivity contribution in [2.24, 2.45) is 0 Å². The Labute approximate surface area is 99.0 Å². The quantitative estimate of drug-likeness (QED) is 0.847. The number of halogens is 2. The zero-order chi connectivity index (χ0) is 10.1. The van der Waals surface area contributed by atoms with Crippen LogP contribution in [-0.4, -0.2) is 5.11 Å². The zero-order valence-electron chi connectivity index (χ0n) is 7.30. The van der Waals surface area contributed by atoms with Crippen molar-refractivity contribution in [2.75, 3.05) is 0 Å². The lowest BCUT2D eigenvalue weighted by Gasteiger charge is -2.05. The Balaban J connectivity index is 2.80. The molecular weight excluding hydrogens is 308 g/mol. The second kappa shape index (κ2) is 4.01. The van der Waals surface area contributed by atoms with Crippen LogP contribution in [0.1, 0.15) is 5.56 Å². The molecule has 2 aromatic rings. The van der Waals surface area contributed by atoms with Crippen LogP contribution in [-0.2, 0) is 6.61 Å². The molecule has 0 aliphatic carbocycles. The minimum atomic E-state index is 0.0783. The van der Waals surface area contributed by atoms with Gasteiger partial charge in [0.25, 0.3) is 0 Å². The highest BCUT2D eigenvalue weighted by Gasteiger charge is 2.03. The molecule has 0 amide bonds. The number of benzene rings is 2. The molecule has 1 nitrogen and oxygen atoms in total. The van der Waals surface area contributed by atoms with Crippen molar-refractivity contribution in [2.45, 2.75) is 6.61 Å². The zero-order valence-corrected chi connectivity index (χ0v) is 10.5. The van der Waals surface area contributed by atoms with E-state index in [0.29, 0.717) is 0 Å². The molecule has 0 aliphatic heterocycles. The van der Waals surface area contributed by atoms with Crippen LogP contribution in [0, 0.1) is 0 Å². The lowest BCUT2D eigenvalue weighted by atomic mass is 10.1. The SMILES string of the molecule is OCc1ccc2c(Br)ccc(Br)c2c1. The Morgan fingerprint density at radius 1 is 0.929 bits per heavy atom. The Kier molecular flexibility index (Phi) is 2.91. The molecule has 0 fully saturated rings. The van der Waals surface area contributed by atoms with Gasteiger partial charge in [0, 0.05) is 8.95 Å². The van der Waals surface area contributed by atoms with Crippen molar-refractivity contribution in [3.8, 4) is 0 Å². The topological polar surface area (TPSA) is 20.2 Å². The Hall–Kier alpha value is -0.380. The summed E-state index contributed by atoms with van der Waals surface area (Å²) < 4.78 is 2.12. The standard InChI is InChI=1S/C11H8Br2O/c12-10-3-4-11(13)9-5-7(6-14)1-2-8(9)10/h1-5,14H,6H2. The fourth-order valence-electron chi connectivity index (χ4n) is 1.42. The van der Waals surface area contributed by atoms with E-state index in [9.17, 15) is 0 Å². The van der Waals surface area contributed by atoms with Crippen LogP contribution in [0.3, 0.4) is 0 Å². The normalized spacial score (nSPS) is 10.8. The maximum absolute atomic E-state index is 9.03. The Morgan fingerprint density at radius 2 is 1.57 bits per heavy atom. The molecule has 0 saturated heterocycles. The molecule has 0 spiro atoms. The van der Waals surface area contributed by atoms with Gasteiger partial charge < -0.3 is 5.11 Å². The van der Waals surface area contributed by atoms with Crippen molar-refractivity contribution in [1.82, 2.24) is 0 Å². The average molecular weight is 316 g/mol. The first-order valence-electron chi connectivity index (χ1n) is 4.20. The Morgan fingerprint density at radius 3 is 2.21 bits per heavy atom. The average Bonchev–Trinajstić information content (AvgIpc) is 2.23. The molecule has 0 atom stereocenters. The van der Waals surface area contributed by atoms with Crippen LogP contribution in [0.2, 0.25) is 0 Å². The fraction of sp³-hybridized carbons (Fsp3) is 0.0909. The van der Waals surface area contributed by atoms with E-state index >= 15 is 0 Å². The molecule has 3 heteroatoms. The first-order valence-corrected chi connectivity index (χ1v) is 5.78. The monoisotopic (exact) mass is 314 g/mol. The van der Waals surface area contributed by atoms with E-state index in [4.69, 9.17) is 5.11 Å². The summed E-state index contributed by atoms with van der Waals surface area (Å²) in [5.74, 6) is 0. The second-order valence-electron chi connectivity index (χ2n) is 3.07. The third-order valence-corrected chi connectivity index (χ3v) is 3.54. The number of rotatable bonds is 1. The summed E-state index contributed by atoms with van der Waals surface area (Å²) in [4.78, 5) is 0. The van der Waals surface area contributed by atoms with Gasteiger partial charge in [0.2, 0.25) is 0 Å². The third-order valence-electron chi connectivity index (χ3n) is 2.16. The van der Waals surface area contributed by atoms with Crippen molar-refractivity contribution in [1.29, 1.82) is 0 Å². The summed E-state index contributed by atoms with van der Waals surface area (Å²) in [6.07, 6.45) is 0. The number of fused-ring (bicyclic) bond motifs is 1. The first-order chi connectivity index (χ1) is 6.72. The predicted molar refractivity (Wildman–Crippen MR) is 65.3 cm³/mol. The molecule has 14 heavy (non-hydrogen) atoms. The first kappa shape index (κ1) is 10.1. The molecule has 0 bridgehead atoms. The van der Waals surface area contributed by atoms with Crippen molar-refractivity contribution in [3.63, 3.8) is 0 Å². The summed E-state index contributed by atoms with van der Waals surface area (Å²) in [7, 11) is 0. The van der Waals surface area contributed by atoms with E-state index < -0.39 is 0 Å². The minimum Gasteiger partial charge on any atom is -0.392 e. The summed E-state index contributed by atoms with van der Waals surface area (Å²) in [5.41, 5.74) is 0.927. The van der Waals surface area contributed by atoms with Crippen LogP contribution in [0.4, 0.5) is 0 Å². The van der Waals surface area contributed by atoms with Gasteiger partial charge in [-0.05, 0) is 34.5 Å². The number of aliphatic hydroxyl groups is 1.